The Bertz CT molecular complexity index is 1010. The van der Waals surface area contributed by atoms with Crippen LogP contribution in [0.15, 0.2) is 79.1 Å². The normalized spacial score (nSPS) is 16.4. The van der Waals surface area contributed by atoms with Crippen LogP contribution in [0.25, 0.3) is 11.1 Å². The second-order valence-electron chi connectivity index (χ2n) is 8.65. The molecule has 2 saturated heterocycles. The maximum Gasteiger partial charge on any atom is 0.255 e. The number of nitrogens with zero attached hydrogens (tertiary/aromatic N) is 3. The number of amides is 1. The Balaban J connectivity index is 0.000000227. The summed E-state index contributed by atoms with van der Waals surface area (Å²) in [5.74, 6) is 1.05. The van der Waals surface area contributed by atoms with Crippen molar-refractivity contribution in [3.63, 3.8) is 0 Å². The van der Waals surface area contributed by atoms with Crippen LogP contribution in [0, 0.1) is 0 Å². The summed E-state index contributed by atoms with van der Waals surface area (Å²) in [5.41, 5.74) is 3.03. The number of carbonyl (C=O) groups excluding carboxylic acids is 1. The summed E-state index contributed by atoms with van der Waals surface area (Å²) in [7, 11) is 4.95. The highest BCUT2D eigenvalue weighted by molar-refractivity contribution is 5.93. The summed E-state index contributed by atoms with van der Waals surface area (Å²) in [6.07, 6.45) is 6.91. The number of pyridine rings is 1. The van der Waals surface area contributed by atoms with Crippen LogP contribution in [-0.2, 0) is 4.74 Å². The van der Waals surface area contributed by atoms with Crippen molar-refractivity contribution in [1.82, 2.24) is 14.8 Å². The van der Waals surface area contributed by atoms with E-state index in [1.807, 2.05) is 67.3 Å². The number of hydrogen-bond donors (Lipinski definition) is 0. The summed E-state index contributed by atoms with van der Waals surface area (Å²) >= 11 is 0. The Hall–Kier alpha value is -3.22. The largest absolute Gasteiger partial charge is 0.496 e. The smallest absolute Gasteiger partial charge is 0.255 e. The zero-order chi connectivity index (χ0) is 26.9. The van der Waals surface area contributed by atoms with Crippen LogP contribution in [0.3, 0.4) is 0 Å². The summed E-state index contributed by atoms with van der Waals surface area (Å²) in [6, 6.07) is 22.5. The third-order valence-electron chi connectivity index (χ3n) is 6.21. The van der Waals surface area contributed by atoms with Crippen molar-refractivity contribution in [3.05, 3.63) is 84.7 Å². The van der Waals surface area contributed by atoms with Crippen LogP contribution in [0.1, 0.15) is 43.5 Å². The van der Waals surface area contributed by atoms with Crippen molar-refractivity contribution in [3.8, 4) is 16.9 Å². The molecule has 6 heteroatoms. The minimum Gasteiger partial charge on any atom is -0.496 e. The summed E-state index contributed by atoms with van der Waals surface area (Å²) in [6.45, 7) is 8.19. The lowest BCUT2D eigenvalue weighted by Crippen LogP contribution is -2.56. The first-order valence-electron chi connectivity index (χ1n) is 13.2. The van der Waals surface area contributed by atoms with E-state index in [0.717, 1.165) is 30.8 Å². The molecule has 0 N–H and O–H groups in total. The Morgan fingerprint density at radius 1 is 0.865 bits per heavy atom. The van der Waals surface area contributed by atoms with Gasteiger partial charge in [0, 0.05) is 57.9 Å². The van der Waals surface area contributed by atoms with Gasteiger partial charge in [-0.25, -0.2) is 0 Å². The maximum absolute atomic E-state index is 12.4. The molecule has 5 rings (SSSR count). The highest BCUT2D eigenvalue weighted by atomic mass is 16.5. The van der Waals surface area contributed by atoms with E-state index in [1.165, 1.54) is 31.5 Å². The average molecular weight is 506 g/mol. The van der Waals surface area contributed by atoms with Crippen LogP contribution in [0.4, 0.5) is 0 Å². The monoisotopic (exact) mass is 505 g/mol. The number of methoxy groups -OCH3 is 2. The molecule has 2 fully saturated rings. The maximum atomic E-state index is 12.4. The molecule has 0 radical (unpaired) electrons. The van der Waals surface area contributed by atoms with E-state index in [0.29, 0.717) is 11.6 Å². The standard InChI is InChI=1S/C14H19N3O.C13H12O.C2H6O.C2H6/c18-14(12-4-3-6-15-10-12)17-8-2-1-7-16-9-5-13(16)11-17;1-14-13-10-6-5-9-12(13)11-7-3-2-4-8-11;1-3-2;1-2/h3-4,6,10,13H,1-2,5,7-9,11H2;2-10H,1H3;1-2H3;1-2H3. The first kappa shape index (κ1) is 30.0. The highest BCUT2D eigenvalue weighted by Gasteiger charge is 2.32. The van der Waals surface area contributed by atoms with E-state index in [2.05, 4.69) is 32.8 Å². The fourth-order valence-electron chi connectivity index (χ4n) is 4.32. The van der Waals surface area contributed by atoms with Crippen molar-refractivity contribution >= 4 is 5.91 Å². The van der Waals surface area contributed by atoms with Gasteiger partial charge in [-0.3, -0.25) is 14.7 Å². The molecule has 6 nitrogen and oxygen atoms in total. The Morgan fingerprint density at radius 3 is 2.16 bits per heavy atom. The Morgan fingerprint density at radius 2 is 1.54 bits per heavy atom. The van der Waals surface area contributed by atoms with Gasteiger partial charge in [0.2, 0.25) is 0 Å². The molecule has 37 heavy (non-hydrogen) atoms. The SMILES string of the molecule is CC.COC.COc1ccccc1-c1ccccc1.O=C(c1cccnc1)N1CCCCN2CCC2C1. The van der Waals surface area contributed by atoms with Gasteiger partial charge in [-0.1, -0.05) is 62.4 Å². The van der Waals surface area contributed by atoms with E-state index < -0.39 is 0 Å². The van der Waals surface area contributed by atoms with Crippen LogP contribution in [0.2, 0.25) is 0 Å². The van der Waals surface area contributed by atoms with Crippen LogP contribution in [0.5, 0.6) is 5.75 Å². The number of benzene rings is 2. The summed E-state index contributed by atoms with van der Waals surface area (Å²) < 4.78 is 9.55. The molecule has 0 saturated carbocycles. The van der Waals surface area contributed by atoms with E-state index in [1.54, 1.807) is 33.7 Å². The quantitative estimate of drug-likeness (QED) is 0.434. The van der Waals surface area contributed by atoms with Gasteiger partial charge in [-0.15, -0.1) is 0 Å². The zero-order valence-corrected chi connectivity index (χ0v) is 23.1. The van der Waals surface area contributed by atoms with E-state index >= 15 is 0 Å². The Labute approximate surface area is 223 Å². The number of aromatic nitrogens is 1. The van der Waals surface area contributed by atoms with Crippen molar-refractivity contribution in [2.24, 2.45) is 0 Å². The predicted molar refractivity (Wildman–Crippen MR) is 152 cm³/mol. The molecule has 2 aliphatic heterocycles. The molecule has 1 amide bonds. The molecule has 1 unspecified atom stereocenters. The molecule has 0 spiro atoms. The molecule has 1 atom stereocenters. The molecule has 1 aromatic heterocycles. The minimum absolute atomic E-state index is 0.136. The lowest BCUT2D eigenvalue weighted by atomic mass is 9.99. The summed E-state index contributed by atoms with van der Waals surface area (Å²) in [5, 5.41) is 0. The van der Waals surface area contributed by atoms with Crippen molar-refractivity contribution in [2.45, 2.75) is 39.2 Å². The number of para-hydroxylation sites is 1. The average Bonchev–Trinajstić information content (AvgIpc) is 2.95. The number of rotatable bonds is 3. The topological polar surface area (TPSA) is 54.9 Å². The van der Waals surface area contributed by atoms with Gasteiger partial charge in [0.25, 0.3) is 5.91 Å². The predicted octanol–water partition coefficient (Wildman–Crippen LogP) is 6.04. The number of fused-ring (bicyclic) bond motifs is 1. The minimum atomic E-state index is 0.136. The Kier molecular flexibility index (Phi) is 14.0. The first-order chi connectivity index (χ1) is 18.2. The van der Waals surface area contributed by atoms with E-state index in [4.69, 9.17) is 4.74 Å². The van der Waals surface area contributed by atoms with Crippen molar-refractivity contribution in [2.75, 3.05) is 47.5 Å². The van der Waals surface area contributed by atoms with Crippen molar-refractivity contribution < 1.29 is 14.3 Å². The van der Waals surface area contributed by atoms with Gasteiger partial charge in [0.15, 0.2) is 0 Å². The lowest BCUT2D eigenvalue weighted by Gasteiger charge is -2.45. The zero-order valence-electron chi connectivity index (χ0n) is 23.1. The van der Waals surface area contributed by atoms with Crippen molar-refractivity contribution in [1.29, 1.82) is 0 Å². The second kappa shape index (κ2) is 17.3. The molecular formula is C31H43N3O3. The van der Waals surface area contributed by atoms with Gasteiger partial charge >= 0.3 is 0 Å². The molecule has 0 bridgehead atoms. The van der Waals surface area contributed by atoms with Crippen LogP contribution >= 0.6 is 0 Å². The molecule has 3 aromatic rings. The molecule has 200 valence electrons. The molecule has 0 aliphatic carbocycles. The lowest BCUT2D eigenvalue weighted by molar-refractivity contribution is 0.0338. The number of hydrogen-bond acceptors (Lipinski definition) is 5. The molecule has 2 aromatic carbocycles. The van der Waals surface area contributed by atoms with Crippen LogP contribution in [-0.4, -0.2) is 74.2 Å². The van der Waals surface area contributed by atoms with Gasteiger partial charge in [0.05, 0.1) is 12.7 Å². The van der Waals surface area contributed by atoms with E-state index in [-0.39, 0.29) is 5.91 Å². The molecule has 3 heterocycles. The van der Waals surface area contributed by atoms with E-state index in [9.17, 15) is 4.79 Å². The summed E-state index contributed by atoms with van der Waals surface area (Å²) in [4.78, 5) is 21.0. The third kappa shape index (κ3) is 9.30. The van der Waals surface area contributed by atoms with Gasteiger partial charge in [-0.05, 0) is 49.6 Å². The van der Waals surface area contributed by atoms with Crippen LogP contribution < -0.4 is 4.74 Å². The number of ether oxygens (including phenoxy) is 2. The first-order valence-corrected chi connectivity index (χ1v) is 13.2. The molecule has 2 aliphatic rings. The van der Waals surface area contributed by atoms with Gasteiger partial charge in [-0.2, -0.15) is 0 Å². The second-order valence-corrected chi connectivity index (χ2v) is 8.65. The fraction of sp³-hybridized carbons (Fsp3) is 0.419. The third-order valence-corrected chi connectivity index (χ3v) is 6.21. The fourth-order valence-corrected chi connectivity index (χ4v) is 4.32. The van der Waals surface area contributed by atoms with Gasteiger partial charge < -0.3 is 14.4 Å². The molecular weight excluding hydrogens is 462 g/mol. The number of carbonyl (C=O) groups is 1. The highest BCUT2D eigenvalue weighted by Crippen LogP contribution is 2.28. The van der Waals surface area contributed by atoms with Gasteiger partial charge in [0.1, 0.15) is 5.75 Å².